The lowest BCUT2D eigenvalue weighted by molar-refractivity contribution is -0.277. The lowest BCUT2D eigenvalue weighted by atomic mass is 9.99. The van der Waals surface area contributed by atoms with Crippen molar-refractivity contribution in [3.63, 3.8) is 0 Å². The number of aliphatic hydroxyl groups excluding tert-OH is 4. The van der Waals surface area contributed by atoms with E-state index < -0.39 is 43.3 Å². The fraction of sp³-hybridized carbons (Fsp3) is 0.353. The summed E-state index contributed by atoms with van der Waals surface area (Å²) in [5, 5.41) is 49.6. The summed E-state index contributed by atoms with van der Waals surface area (Å²) in [6, 6.07) is 9.98. The van der Waals surface area contributed by atoms with E-state index in [1.54, 1.807) is 24.3 Å². The maximum absolute atomic E-state index is 11.5. The smallest absolute Gasteiger partial charge is 0.339 e. The van der Waals surface area contributed by atoms with Crippen LogP contribution in [0, 0.1) is 0 Å². The summed E-state index contributed by atoms with van der Waals surface area (Å²) in [6.07, 6.45) is -7.34. The van der Waals surface area contributed by atoms with Crippen LogP contribution in [0.3, 0.4) is 0 Å². The zero-order valence-corrected chi connectivity index (χ0v) is 13.0. The number of aromatic carboxylic acids is 1. The molecule has 1 fully saturated rings. The van der Waals surface area contributed by atoms with Gasteiger partial charge in [0.05, 0.1) is 6.61 Å². The van der Waals surface area contributed by atoms with Gasteiger partial charge in [-0.3, -0.25) is 0 Å². The number of benzene rings is 2. The maximum atomic E-state index is 11.5. The molecule has 8 heteroatoms. The molecule has 25 heavy (non-hydrogen) atoms. The highest BCUT2D eigenvalue weighted by molar-refractivity contribution is 5.97. The number of carboxylic acid groups (broad SMARTS) is 1. The van der Waals surface area contributed by atoms with Gasteiger partial charge in [-0.15, -0.1) is 0 Å². The third-order valence-corrected chi connectivity index (χ3v) is 4.17. The Balaban J connectivity index is 1.96. The van der Waals surface area contributed by atoms with Crippen LogP contribution in [0.1, 0.15) is 10.4 Å². The van der Waals surface area contributed by atoms with Crippen molar-refractivity contribution in [1.29, 1.82) is 0 Å². The molecule has 1 heterocycles. The molecular formula is C17H18O8. The second kappa shape index (κ2) is 6.95. The molecule has 2 aromatic carbocycles. The van der Waals surface area contributed by atoms with Crippen molar-refractivity contribution >= 4 is 16.7 Å². The number of rotatable bonds is 4. The summed E-state index contributed by atoms with van der Waals surface area (Å²) in [7, 11) is 0. The summed E-state index contributed by atoms with van der Waals surface area (Å²) >= 11 is 0. The molecule has 1 aliphatic rings. The monoisotopic (exact) mass is 350 g/mol. The predicted molar refractivity (Wildman–Crippen MR) is 85.3 cm³/mol. The third kappa shape index (κ3) is 3.30. The Kier molecular flexibility index (Phi) is 4.89. The van der Waals surface area contributed by atoms with E-state index >= 15 is 0 Å². The standard InChI is InChI=1S/C17H18O8/c18-7-12-13(19)14(20)15(21)17(25-12)24-11-6-9-4-2-1-3-8(9)5-10(11)16(22)23/h1-6,12-15,17-21H,7H2,(H,22,23)/t12-,13-,14+,15-,17-/m1/s1. The fourth-order valence-electron chi connectivity index (χ4n) is 2.77. The number of carboxylic acids is 1. The van der Waals surface area contributed by atoms with Gasteiger partial charge in [0.25, 0.3) is 0 Å². The molecule has 134 valence electrons. The van der Waals surface area contributed by atoms with Crippen LogP contribution >= 0.6 is 0 Å². The average molecular weight is 350 g/mol. The van der Waals surface area contributed by atoms with E-state index in [4.69, 9.17) is 9.47 Å². The number of carbonyl (C=O) groups is 1. The zero-order chi connectivity index (χ0) is 18.1. The highest BCUT2D eigenvalue weighted by atomic mass is 16.7. The van der Waals surface area contributed by atoms with E-state index in [1.807, 2.05) is 0 Å². The molecule has 0 aromatic heterocycles. The Labute approximate surface area is 142 Å². The fourth-order valence-corrected chi connectivity index (χ4v) is 2.77. The summed E-state index contributed by atoms with van der Waals surface area (Å²) in [5.41, 5.74) is -0.143. The molecule has 8 nitrogen and oxygen atoms in total. The van der Waals surface area contributed by atoms with Crippen molar-refractivity contribution in [2.75, 3.05) is 6.61 Å². The Morgan fingerprint density at radius 3 is 2.28 bits per heavy atom. The van der Waals surface area contributed by atoms with Crippen LogP contribution in [0.15, 0.2) is 36.4 Å². The first-order valence-electron chi connectivity index (χ1n) is 7.65. The Bertz CT molecular complexity index is 774. The van der Waals surface area contributed by atoms with Gasteiger partial charge in [-0.05, 0) is 22.9 Å². The molecule has 0 amide bonds. The van der Waals surface area contributed by atoms with Gasteiger partial charge in [-0.2, -0.15) is 0 Å². The van der Waals surface area contributed by atoms with Gasteiger partial charge in [-0.1, -0.05) is 24.3 Å². The van der Waals surface area contributed by atoms with Crippen molar-refractivity contribution in [3.8, 4) is 5.75 Å². The van der Waals surface area contributed by atoms with Gasteiger partial charge in [0, 0.05) is 0 Å². The number of fused-ring (bicyclic) bond motifs is 1. The quantitative estimate of drug-likeness (QED) is 0.508. The maximum Gasteiger partial charge on any atom is 0.339 e. The highest BCUT2D eigenvalue weighted by Crippen LogP contribution is 2.30. The number of aliphatic hydroxyl groups is 4. The molecule has 5 atom stereocenters. The van der Waals surface area contributed by atoms with E-state index in [0.717, 1.165) is 0 Å². The topological polar surface area (TPSA) is 137 Å². The van der Waals surface area contributed by atoms with Gasteiger partial charge in [0.1, 0.15) is 35.7 Å². The van der Waals surface area contributed by atoms with Crippen molar-refractivity contribution in [2.45, 2.75) is 30.7 Å². The van der Waals surface area contributed by atoms with Crippen LogP contribution < -0.4 is 4.74 Å². The van der Waals surface area contributed by atoms with Crippen molar-refractivity contribution in [1.82, 2.24) is 0 Å². The summed E-state index contributed by atoms with van der Waals surface area (Å²) in [5.74, 6) is -1.29. The molecule has 0 unspecified atom stereocenters. The predicted octanol–water partition coefficient (Wildman–Crippen LogP) is -0.283. The number of hydrogen-bond donors (Lipinski definition) is 5. The molecule has 1 aliphatic heterocycles. The van der Waals surface area contributed by atoms with Crippen LogP contribution in [0.2, 0.25) is 0 Å². The molecule has 5 N–H and O–H groups in total. The van der Waals surface area contributed by atoms with Crippen molar-refractivity contribution in [2.24, 2.45) is 0 Å². The Hall–Kier alpha value is -2.23. The van der Waals surface area contributed by atoms with Gasteiger partial charge in [0.15, 0.2) is 0 Å². The molecule has 0 spiro atoms. The summed E-state index contributed by atoms with van der Waals surface area (Å²) < 4.78 is 10.7. The summed E-state index contributed by atoms with van der Waals surface area (Å²) in [4.78, 5) is 11.5. The van der Waals surface area contributed by atoms with Crippen LogP contribution in [0.4, 0.5) is 0 Å². The minimum atomic E-state index is -1.62. The van der Waals surface area contributed by atoms with E-state index in [-0.39, 0.29) is 11.3 Å². The lowest BCUT2D eigenvalue weighted by Crippen LogP contribution is -2.60. The van der Waals surface area contributed by atoms with E-state index in [0.29, 0.717) is 10.8 Å². The molecule has 0 saturated carbocycles. The first-order valence-corrected chi connectivity index (χ1v) is 7.65. The molecule has 1 saturated heterocycles. The second-order valence-electron chi connectivity index (χ2n) is 5.82. The molecule has 0 aliphatic carbocycles. The first kappa shape index (κ1) is 17.6. The van der Waals surface area contributed by atoms with Crippen LogP contribution in [-0.2, 0) is 4.74 Å². The van der Waals surface area contributed by atoms with E-state index in [2.05, 4.69) is 0 Å². The Morgan fingerprint density at radius 1 is 1.04 bits per heavy atom. The minimum absolute atomic E-state index is 0.0597. The Morgan fingerprint density at radius 2 is 1.68 bits per heavy atom. The second-order valence-corrected chi connectivity index (χ2v) is 5.82. The van der Waals surface area contributed by atoms with Crippen LogP contribution in [0.25, 0.3) is 10.8 Å². The van der Waals surface area contributed by atoms with Crippen molar-refractivity contribution < 1.29 is 39.8 Å². The number of hydrogen-bond acceptors (Lipinski definition) is 7. The normalized spacial score (nSPS) is 29.5. The minimum Gasteiger partial charge on any atom is -0.478 e. The highest BCUT2D eigenvalue weighted by Gasteiger charge is 2.45. The molecule has 0 bridgehead atoms. The molecular weight excluding hydrogens is 332 g/mol. The molecule has 2 aromatic rings. The third-order valence-electron chi connectivity index (χ3n) is 4.17. The van der Waals surface area contributed by atoms with Crippen LogP contribution in [-0.4, -0.2) is 68.8 Å². The molecule has 3 rings (SSSR count). The zero-order valence-electron chi connectivity index (χ0n) is 13.0. The van der Waals surface area contributed by atoms with Gasteiger partial charge < -0.3 is 35.0 Å². The van der Waals surface area contributed by atoms with Gasteiger partial charge in [0.2, 0.25) is 6.29 Å². The van der Waals surface area contributed by atoms with Gasteiger partial charge in [-0.25, -0.2) is 4.79 Å². The lowest BCUT2D eigenvalue weighted by Gasteiger charge is -2.39. The van der Waals surface area contributed by atoms with E-state index in [9.17, 15) is 30.3 Å². The van der Waals surface area contributed by atoms with Crippen molar-refractivity contribution in [3.05, 3.63) is 42.0 Å². The summed E-state index contributed by atoms with van der Waals surface area (Å²) in [6.45, 7) is -0.603. The van der Waals surface area contributed by atoms with Crippen LogP contribution in [0.5, 0.6) is 5.75 Å². The first-order chi connectivity index (χ1) is 11.9. The number of ether oxygens (including phenoxy) is 2. The molecule has 0 radical (unpaired) electrons. The van der Waals surface area contributed by atoms with Gasteiger partial charge >= 0.3 is 5.97 Å². The SMILES string of the molecule is O=C(O)c1cc2ccccc2cc1O[C@@H]1O[C@H](CO)[C@@H](O)[C@H](O)[C@H]1O. The average Bonchev–Trinajstić information content (AvgIpc) is 2.61. The largest absolute Gasteiger partial charge is 0.478 e. The van der Waals surface area contributed by atoms with E-state index in [1.165, 1.54) is 12.1 Å².